The SMILES string of the molecule is CCN(CC)C(=O)CN1CCC(O)(COc2ccccc2)CC1. The first-order valence-corrected chi connectivity index (χ1v) is 8.46. The van der Waals surface area contributed by atoms with Gasteiger partial charge in [0.15, 0.2) is 0 Å². The topological polar surface area (TPSA) is 53.0 Å². The molecule has 1 aliphatic rings. The molecule has 1 aromatic carbocycles. The monoisotopic (exact) mass is 320 g/mol. The van der Waals surface area contributed by atoms with E-state index in [2.05, 4.69) is 4.90 Å². The molecule has 1 aromatic rings. The Balaban J connectivity index is 1.77. The molecule has 1 heterocycles. The quantitative estimate of drug-likeness (QED) is 0.832. The molecule has 1 fully saturated rings. The molecule has 0 aliphatic carbocycles. The Labute approximate surface area is 138 Å². The minimum atomic E-state index is -0.801. The first-order valence-electron chi connectivity index (χ1n) is 8.46. The van der Waals surface area contributed by atoms with E-state index < -0.39 is 5.60 Å². The van der Waals surface area contributed by atoms with Crippen LogP contribution in [0, 0.1) is 0 Å². The average molecular weight is 320 g/mol. The van der Waals surface area contributed by atoms with Crippen molar-refractivity contribution in [3.63, 3.8) is 0 Å². The van der Waals surface area contributed by atoms with Crippen LogP contribution in [0.15, 0.2) is 30.3 Å². The van der Waals surface area contributed by atoms with Gasteiger partial charge in [0.1, 0.15) is 18.0 Å². The molecule has 1 amide bonds. The van der Waals surface area contributed by atoms with E-state index in [1.165, 1.54) is 0 Å². The minimum absolute atomic E-state index is 0.168. The number of aliphatic hydroxyl groups is 1. The maximum Gasteiger partial charge on any atom is 0.236 e. The summed E-state index contributed by atoms with van der Waals surface area (Å²) in [6.07, 6.45) is 1.26. The Morgan fingerprint density at radius 1 is 1.22 bits per heavy atom. The maximum absolute atomic E-state index is 12.1. The minimum Gasteiger partial charge on any atom is -0.491 e. The third-order valence-corrected chi connectivity index (χ3v) is 4.51. The summed E-state index contributed by atoms with van der Waals surface area (Å²) >= 11 is 0. The summed E-state index contributed by atoms with van der Waals surface area (Å²) in [5, 5.41) is 10.6. The lowest BCUT2D eigenvalue weighted by atomic mass is 9.92. The number of amides is 1. The summed E-state index contributed by atoms with van der Waals surface area (Å²) in [7, 11) is 0. The molecule has 1 aliphatic heterocycles. The van der Waals surface area contributed by atoms with E-state index in [-0.39, 0.29) is 5.91 Å². The fourth-order valence-electron chi connectivity index (χ4n) is 2.87. The lowest BCUT2D eigenvalue weighted by Gasteiger charge is -2.38. The molecule has 0 unspecified atom stereocenters. The molecule has 0 bridgehead atoms. The Kier molecular flexibility index (Phi) is 6.42. The third kappa shape index (κ3) is 5.22. The zero-order valence-electron chi connectivity index (χ0n) is 14.2. The van der Waals surface area contributed by atoms with Crippen molar-refractivity contribution in [2.24, 2.45) is 0 Å². The van der Waals surface area contributed by atoms with E-state index in [4.69, 9.17) is 4.74 Å². The van der Waals surface area contributed by atoms with Crippen LogP contribution < -0.4 is 4.74 Å². The zero-order valence-corrected chi connectivity index (χ0v) is 14.2. The highest BCUT2D eigenvalue weighted by atomic mass is 16.5. The van der Waals surface area contributed by atoms with Crippen LogP contribution >= 0.6 is 0 Å². The van der Waals surface area contributed by atoms with Gasteiger partial charge in [-0.25, -0.2) is 0 Å². The molecule has 1 N–H and O–H groups in total. The fraction of sp³-hybridized carbons (Fsp3) is 0.611. The van der Waals surface area contributed by atoms with Gasteiger partial charge < -0.3 is 14.7 Å². The Morgan fingerprint density at radius 3 is 2.39 bits per heavy atom. The van der Waals surface area contributed by atoms with E-state index in [0.29, 0.717) is 26.0 Å². The van der Waals surface area contributed by atoms with Gasteiger partial charge in [0.05, 0.1) is 6.54 Å². The van der Waals surface area contributed by atoms with Crippen LogP contribution in [-0.2, 0) is 4.79 Å². The highest BCUT2D eigenvalue weighted by Crippen LogP contribution is 2.23. The number of hydrogen-bond donors (Lipinski definition) is 1. The van der Waals surface area contributed by atoms with Crippen LogP contribution in [-0.4, -0.2) is 65.7 Å². The molecule has 0 radical (unpaired) electrons. The van der Waals surface area contributed by atoms with Crippen molar-refractivity contribution in [1.29, 1.82) is 0 Å². The second-order valence-corrected chi connectivity index (χ2v) is 6.17. The number of carbonyl (C=O) groups is 1. The Hall–Kier alpha value is -1.59. The van der Waals surface area contributed by atoms with E-state index in [1.54, 1.807) is 0 Å². The van der Waals surface area contributed by atoms with Gasteiger partial charge in [-0.2, -0.15) is 0 Å². The Morgan fingerprint density at radius 2 is 1.83 bits per heavy atom. The van der Waals surface area contributed by atoms with Crippen LogP contribution in [0.4, 0.5) is 0 Å². The van der Waals surface area contributed by atoms with Gasteiger partial charge in [-0.1, -0.05) is 18.2 Å². The van der Waals surface area contributed by atoms with Gasteiger partial charge in [0.2, 0.25) is 5.91 Å². The first kappa shape index (κ1) is 17.8. The number of likely N-dealkylation sites (N-methyl/N-ethyl adjacent to an activating group) is 1. The van der Waals surface area contributed by atoms with Crippen molar-refractivity contribution in [3.05, 3.63) is 30.3 Å². The molecule has 23 heavy (non-hydrogen) atoms. The van der Waals surface area contributed by atoms with Gasteiger partial charge in [-0.3, -0.25) is 9.69 Å². The molecule has 1 saturated heterocycles. The molecule has 0 atom stereocenters. The maximum atomic E-state index is 12.1. The molecule has 2 rings (SSSR count). The predicted molar refractivity (Wildman–Crippen MR) is 90.5 cm³/mol. The van der Waals surface area contributed by atoms with Crippen molar-refractivity contribution in [2.75, 3.05) is 39.3 Å². The van der Waals surface area contributed by atoms with Crippen molar-refractivity contribution >= 4 is 5.91 Å². The lowest BCUT2D eigenvalue weighted by molar-refractivity contribution is -0.133. The number of likely N-dealkylation sites (tertiary alicyclic amines) is 1. The number of rotatable bonds is 7. The van der Waals surface area contributed by atoms with Crippen molar-refractivity contribution in [3.8, 4) is 5.75 Å². The van der Waals surface area contributed by atoms with Crippen LogP contribution in [0.5, 0.6) is 5.75 Å². The van der Waals surface area contributed by atoms with Gasteiger partial charge in [0, 0.05) is 26.2 Å². The summed E-state index contributed by atoms with van der Waals surface area (Å²) in [4.78, 5) is 16.1. The Bertz CT molecular complexity index is 480. The normalized spacial score (nSPS) is 17.7. The second-order valence-electron chi connectivity index (χ2n) is 6.17. The summed E-state index contributed by atoms with van der Waals surface area (Å²) in [5.74, 6) is 0.945. The predicted octanol–water partition coefficient (Wildman–Crippen LogP) is 1.76. The molecule has 0 aromatic heterocycles. The zero-order chi connectivity index (χ0) is 16.7. The summed E-state index contributed by atoms with van der Waals surface area (Å²) < 4.78 is 5.69. The molecule has 0 saturated carbocycles. The van der Waals surface area contributed by atoms with Crippen molar-refractivity contribution in [1.82, 2.24) is 9.80 Å². The first-order chi connectivity index (χ1) is 11.1. The van der Waals surface area contributed by atoms with Gasteiger partial charge in [-0.15, -0.1) is 0 Å². The van der Waals surface area contributed by atoms with Crippen LogP contribution in [0.2, 0.25) is 0 Å². The van der Waals surface area contributed by atoms with Crippen LogP contribution in [0.25, 0.3) is 0 Å². The number of nitrogens with zero attached hydrogens (tertiary/aromatic N) is 2. The average Bonchev–Trinajstić information content (AvgIpc) is 2.58. The summed E-state index contributed by atoms with van der Waals surface area (Å²) in [5.41, 5.74) is -0.801. The number of hydrogen-bond acceptors (Lipinski definition) is 4. The number of para-hydroxylation sites is 1. The number of benzene rings is 1. The van der Waals surface area contributed by atoms with Gasteiger partial charge in [0.25, 0.3) is 0 Å². The molecule has 5 heteroatoms. The van der Waals surface area contributed by atoms with E-state index in [9.17, 15) is 9.90 Å². The standard InChI is InChI=1S/C18H28N2O3/c1-3-20(4-2)17(21)14-19-12-10-18(22,11-13-19)15-23-16-8-6-5-7-9-16/h5-9,22H,3-4,10-15H2,1-2H3. The van der Waals surface area contributed by atoms with E-state index in [0.717, 1.165) is 31.9 Å². The number of piperidine rings is 1. The molecule has 5 nitrogen and oxygen atoms in total. The summed E-state index contributed by atoms with van der Waals surface area (Å²) in [6, 6.07) is 9.55. The summed E-state index contributed by atoms with van der Waals surface area (Å²) in [6.45, 7) is 7.68. The van der Waals surface area contributed by atoms with E-state index >= 15 is 0 Å². The van der Waals surface area contributed by atoms with E-state index in [1.807, 2.05) is 49.1 Å². The highest BCUT2D eigenvalue weighted by Gasteiger charge is 2.33. The van der Waals surface area contributed by atoms with Crippen LogP contribution in [0.1, 0.15) is 26.7 Å². The molecule has 0 spiro atoms. The van der Waals surface area contributed by atoms with Crippen molar-refractivity contribution < 1.29 is 14.6 Å². The lowest BCUT2D eigenvalue weighted by Crippen LogP contribution is -2.50. The molecule has 128 valence electrons. The third-order valence-electron chi connectivity index (χ3n) is 4.51. The second kappa shape index (κ2) is 8.31. The number of ether oxygens (including phenoxy) is 1. The van der Waals surface area contributed by atoms with Gasteiger partial charge >= 0.3 is 0 Å². The van der Waals surface area contributed by atoms with Crippen LogP contribution in [0.3, 0.4) is 0 Å². The van der Waals surface area contributed by atoms with Crippen molar-refractivity contribution in [2.45, 2.75) is 32.3 Å². The largest absolute Gasteiger partial charge is 0.491 e. The highest BCUT2D eigenvalue weighted by molar-refractivity contribution is 5.78. The smallest absolute Gasteiger partial charge is 0.236 e. The molecular weight excluding hydrogens is 292 g/mol. The molecular formula is C18H28N2O3. The number of carbonyl (C=O) groups excluding carboxylic acids is 1. The fourth-order valence-corrected chi connectivity index (χ4v) is 2.87. The van der Waals surface area contributed by atoms with Gasteiger partial charge in [-0.05, 0) is 38.8 Å².